The number of sulfonamides is 1. The van der Waals surface area contributed by atoms with Gasteiger partial charge in [0.05, 0.1) is 17.1 Å². The van der Waals surface area contributed by atoms with E-state index in [0.717, 1.165) is 23.3 Å². The molecule has 33 heavy (non-hydrogen) atoms. The van der Waals surface area contributed by atoms with Crippen molar-refractivity contribution in [1.29, 1.82) is 0 Å². The molecule has 5 aliphatic rings. The molecule has 4 bridgehead atoms. The molecule has 4 saturated carbocycles. The Morgan fingerprint density at radius 1 is 1.03 bits per heavy atom. The van der Waals surface area contributed by atoms with E-state index in [4.69, 9.17) is 0 Å². The van der Waals surface area contributed by atoms with Crippen molar-refractivity contribution >= 4 is 21.7 Å². The Kier molecular flexibility index (Phi) is 5.07. The van der Waals surface area contributed by atoms with Crippen molar-refractivity contribution in [3.8, 4) is 0 Å². The zero-order valence-electron chi connectivity index (χ0n) is 18.7. The Morgan fingerprint density at radius 3 is 2.36 bits per heavy atom. The summed E-state index contributed by atoms with van der Waals surface area (Å²) in [5, 5.41) is 3.07. The van der Waals surface area contributed by atoms with Crippen LogP contribution in [0.3, 0.4) is 0 Å². The van der Waals surface area contributed by atoms with Gasteiger partial charge in [0.25, 0.3) is 0 Å². The van der Waals surface area contributed by atoms with Crippen molar-refractivity contribution in [2.24, 2.45) is 23.2 Å². The van der Waals surface area contributed by atoms with Gasteiger partial charge in [0.1, 0.15) is 12.1 Å². The number of hydrogen-bond acceptors (Lipinski definition) is 5. The number of carbonyl (C=O) groups excluding carboxylic acids is 1. The lowest BCUT2D eigenvalue weighted by Crippen LogP contribution is -2.47. The van der Waals surface area contributed by atoms with Gasteiger partial charge >= 0.3 is 0 Å². The second kappa shape index (κ2) is 7.87. The van der Waals surface area contributed by atoms with Gasteiger partial charge in [0, 0.05) is 18.5 Å². The Morgan fingerprint density at radius 2 is 1.70 bits per heavy atom. The Labute approximate surface area is 195 Å². The van der Waals surface area contributed by atoms with Gasteiger partial charge in [0.2, 0.25) is 15.9 Å². The zero-order chi connectivity index (χ0) is 22.6. The van der Waals surface area contributed by atoms with Gasteiger partial charge in [-0.1, -0.05) is 18.2 Å². The minimum atomic E-state index is -3.59. The van der Waals surface area contributed by atoms with Crippen LogP contribution in [-0.4, -0.2) is 35.1 Å². The third-order valence-corrected chi connectivity index (χ3v) is 10.2. The summed E-state index contributed by atoms with van der Waals surface area (Å²) in [4.78, 5) is 22.1. The highest BCUT2D eigenvalue weighted by molar-refractivity contribution is 7.89. The Balaban J connectivity index is 1.17. The molecule has 1 amide bonds. The van der Waals surface area contributed by atoms with Crippen LogP contribution in [0.15, 0.2) is 41.6 Å². The number of amides is 1. The van der Waals surface area contributed by atoms with Crippen LogP contribution in [0.5, 0.6) is 0 Å². The maximum Gasteiger partial charge on any atom is 0.243 e. The lowest BCUT2D eigenvalue weighted by Gasteiger charge is -2.56. The molecular formula is C25H30N4O3S. The zero-order valence-corrected chi connectivity index (χ0v) is 19.6. The van der Waals surface area contributed by atoms with Crippen molar-refractivity contribution in [3.05, 3.63) is 47.9 Å². The van der Waals surface area contributed by atoms with Gasteiger partial charge in [-0.05, 0) is 80.2 Å². The first-order chi connectivity index (χ1) is 15.9. The second-order valence-corrected chi connectivity index (χ2v) is 12.6. The molecule has 1 aromatic heterocycles. The van der Waals surface area contributed by atoms with E-state index in [0.29, 0.717) is 30.9 Å². The molecule has 2 aromatic rings. The molecule has 4 aliphatic carbocycles. The Hall–Kier alpha value is -2.32. The number of benzene rings is 1. The smallest absolute Gasteiger partial charge is 0.243 e. The molecule has 0 atom stereocenters. The highest BCUT2D eigenvalue weighted by Crippen LogP contribution is 2.61. The van der Waals surface area contributed by atoms with E-state index >= 15 is 0 Å². The number of fused-ring (bicyclic) bond motifs is 1. The SMILES string of the molecule is O=C(CC12CC3CC(CC(C3)C1)C2)Nc1ncnc2c1CCN(S(=O)(=O)c1ccccc1)C2. The average Bonchev–Trinajstić information content (AvgIpc) is 2.78. The molecule has 174 valence electrons. The highest BCUT2D eigenvalue weighted by Gasteiger charge is 2.51. The molecule has 8 heteroatoms. The van der Waals surface area contributed by atoms with Gasteiger partial charge in [-0.15, -0.1) is 0 Å². The van der Waals surface area contributed by atoms with Crippen molar-refractivity contribution in [3.63, 3.8) is 0 Å². The fourth-order valence-corrected chi connectivity index (χ4v) is 8.83. The monoisotopic (exact) mass is 466 g/mol. The summed E-state index contributed by atoms with van der Waals surface area (Å²) in [7, 11) is -3.59. The summed E-state index contributed by atoms with van der Waals surface area (Å²) in [6.07, 6.45) is 10.2. The maximum atomic E-state index is 13.1. The predicted molar refractivity (Wildman–Crippen MR) is 124 cm³/mol. The normalized spacial score (nSPS) is 30.7. The molecular weight excluding hydrogens is 436 g/mol. The summed E-state index contributed by atoms with van der Waals surface area (Å²) >= 11 is 0. The van der Waals surface area contributed by atoms with Crippen LogP contribution in [0.4, 0.5) is 5.82 Å². The number of aromatic nitrogens is 2. The highest BCUT2D eigenvalue weighted by atomic mass is 32.2. The molecule has 4 fully saturated rings. The number of nitrogens with zero attached hydrogens (tertiary/aromatic N) is 3. The van der Waals surface area contributed by atoms with Gasteiger partial charge in [0.15, 0.2) is 0 Å². The van der Waals surface area contributed by atoms with E-state index < -0.39 is 10.0 Å². The predicted octanol–water partition coefficient (Wildman–Crippen LogP) is 3.77. The number of rotatable bonds is 5. The fraction of sp³-hybridized carbons (Fsp3) is 0.560. The standard InChI is InChI=1S/C25H30N4O3S/c30-23(14-25-11-17-8-18(12-25)10-19(9-17)13-25)28-24-21-6-7-29(15-22(21)26-16-27-24)33(31,32)20-4-2-1-3-5-20/h1-5,16-19H,6-15H2,(H,26,27,28,30). The van der Waals surface area contributed by atoms with Crippen LogP contribution in [0.25, 0.3) is 0 Å². The number of hydrogen-bond donors (Lipinski definition) is 1. The summed E-state index contributed by atoms with van der Waals surface area (Å²) in [6, 6.07) is 8.48. The molecule has 7 rings (SSSR count). The quantitative estimate of drug-likeness (QED) is 0.724. The Bertz CT molecular complexity index is 1150. The van der Waals surface area contributed by atoms with Crippen LogP contribution in [0.1, 0.15) is 56.2 Å². The number of nitrogens with one attached hydrogen (secondary N) is 1. The second-order valence-electron chi connectivity index (χ2n) is 10.7. The molecule has 0 unspecified atom stereocenters. The summed E-state index contributed by atoms with van der Waals surface area (Å²) in [5.41, 5.74) is 1.70. The lowest BCUT2D eigenvalue weighted by atomic mass is 9.49. The average molecular weight is 467 g/mol. The molecule has 0 radical (unpaired) electrons. The number of carbonyl (C=O) groups is 1. The van der Waals surface area contributed by atoms with Crippen molar-refractivity contribution in [2.75, 3.05) is 11.9 Å². The van der Waals surface area contributed by atoms with Gasteiger partial charge in [-0.2, -0.15) is 4.31 Å². The molecule has 0 spiro atoms. The fourth-order valence-electron chi connectivity index (χ4n) is 7.41. The topological polar surface area (TPSA) is 92.3 Å². The van der Waals surface area contributed by atoms with Crippen LogP contribution in [-0.2, 0) is 27.8 Å². The van der Waals surface area contributed by atoms with Crippen molar-refractivity contribution in [2.45, 2.75) is 62.8 Å². The molecule has 2 heterocycles. The van der Waals surface area contributed by atoms with E-state index in [1.54, 1.807) is 30.3 Å². The molecule has 1 N–H and O–H groups in total. The van der Waals surface area contributed by atoms with E-state index in [1.165, 1.54) is 49.2 Å². The van der Waals surface area contributed by atoms with Crippen LogP contribution < -0.4 is 5.32 Å². The molecule has 1 aromatic carbocycles. The van der Waals surface area contributed by atoms with Crippen LogP contribution >= 0.6 is 0 Å². The van der Waals surface area contributed by atoms with Gasteiger partial charge in [-0.3, -0.25) is 4.79 Å². The van der Waals surface area contributed by atoms with Crippen LogP contribution in [0, 0.1) is 23.2 Å². The summed E-state index contributed by atoms with van der Waals surface area (Å²) in [5.74, 6) is 3.03. The van der Waals surface area contributed by atoms with E-state index in [-0.39, 0.29) is 22.8 Å². The first-order valence-corrected chi connectivity index (χ1v) is 13.5. The lowest BCUT2D eigenvalue weighted by molar-refractivity contribution is -0.124. The molecule has 0 saturated heterocycles. The third-order valence-electron chi connectivity index (χ3n) is 8.31. The summed E-state index contributed by atoms with van der Waals surface area (Å²) in [6.45, 7) is 0.530. The molecule has 1 aliphatic heterocycles. The van der Waals surface area contributed by atoms with Crippen molar-refractivity contribution in [1.82, 2.24) is 14.3 Å². The van der Waals surface area contributed by atoms with Crippen LogP contribution in [0.2, 0.25) is 0 Å². The van der Waals surface area contributed by atoms with Gasteiger partial charge in [-0.25, -0.2) is 18.4 Å². The summed E-state index contributed by atoms with van der Waals surface area (Å²) < 4.78 is 27.5. The first kappa shape index (κ1) is 21.2. The van der Waals surface area contributed by atoms with E-state index in [9.17, 15) is 13.2 Å². The number of anilines is 1. The molecule has 7 nitrogen and oxygen atoms in total. The maximum absolute atomic E-state index is 13.1. The minimum Gasteiger partial charge on any atom is -0.310 e. The minimum absolute atomic E-state index is 0.0391. The van der Waals surface area contributed by atoms with Gasteiger partial charge < -0.3 is 5.32 Å². The third kappa shape index (κ3) is 3.87. The van der Waals surface area contributed by atoms with E-state index in [1.807, 2.05) is 0 Å². The first-order valence-electron chi connectivity index (χ1n) is 12.1. The van der Waals surface area contributed by atoms with E-state index in [2.05, 4.69) is 15.3 Å². The van der Waals surface area contributed by atoms with Crippen molar-refractivity contribution < 1.29 is 13.2 Å². The largest absolute Gasteiger partial charge is 0.310 e.